The number of carbonyl (C=O) groups is 1. The third-order valence-corrected chi connectivity index (χ3v) is 4.08. The number of nitrogens with zero attached hydrogens (tertiary/aromatic N) is 6. The van der Waals surface area contributed by atoms with Crippen molar-refractivity contribution in [2.75, 3.05) is 0 Å². The molecular formula is C15H13N7OS. The number of nitrogens with one attached hydrogen (secondary N) is 1. The molecule has 0 aliphatic carbocycles. The van der Waals surface area contributed by atoms with Crippen LogP contribution in [-0.4, -0.2) is 31.1 Å². The van der Waals surface area contributed by atoms with Crippen LogP contribution in [0.1, 0.15) is 21.9 Å². The standard InChI is InChI=1S/C15H13N7OS/c16-7-4-8-22-10-12(18-21-22)14(23)17-9-13-19-20-15(24-13)11-5-2-1-3-6-11/h1-3,5-6,10H,4,8-9H2,(H,17,23). The molecule has 0 bridgehead atoms. The summed E-state index contributed by atoms with van der Waals surface area (Å²) < 4.78 is 1.47. The van der Waals surface area contributed by atoms with Gasteiger partial charge in [-0.1, -0.05) is 46.9 Å². The highest BCUT2D eigenvalue weighted by atomic mass is 32.1. The Morgan fingerprint density at radius 3 is 2.88 bits per heavy atom. The van der Waals surface area contributed by atoms with E-state index in [0.717, 1.165) is 10.6 Å². The van der Waals surface area contributed by atoms with E-state index < -0.39 is 0 Å². The molecule has 120 valence electrons. The van der Waals surface area contributed by atoms with Crippen molar-refractivity contribution in [1.82, 2.24) is 30.5 Å². The van der Waals surface area contributed by atoms with Gasteiger partial charge < -0.3 is 5.32 Å². The van der Waals surface area contributed by atoms with Crippen molar-refractivity contribution in [2.24, 2.45) is 0 Å². The lowest BCUT2D eigenvalue weighted by molar-refractivity contribution is 0.0945. The number of rotatable bonds is 6. The summed E-state index contributed by atoms with van der Waals surface area (Å²) in [7, 11) is 0. The monoisotopic (exact) mass is 339 g/mol. The number of aromatic nitrogens is 5. The number of carbonyl (C=O) groups excluding carboxylic acids is 1. The molecule has 24 heavy (non-hydrogen) atoms. The molecule has 0 aliphatic heterocycles. The number of aryl methyl sites for hydroxylation is 1. The van der Waals surface area contributed by atoms with Crippen LogP contribution in [0.3, 0.4) is 0 Å². The molecule has 0 aliphatic rings. The predicted molar refractivity (Wildman–Crippen MR) is 86.8 cm³/mol. The molecule has 1 amide bonds. The van der Waals surface area contributed by atoms with Gasteiger partial charge in [-0.15, -0.1) is 15.3 Å². The minimum absolute atomic E-state index is 0.209. The van der Waals surface area contributed by atoms with Crippen molar-refractivity contribution in [3.8, 4) is 16.6 Å². The molecule has 3 rings (SSSR count). The van der Waals surface area contributed by atoms with E-state index in [1.165, 1.54) is 22.2 Å². The van der Waals surface area contributed by atoms with Gasteiger partial charge in [0.25, 0.3) is 5.91 Å². The van der Waals surface area contributed by atoms with Crippen LogP contribution in [0.4, 0.5) is 0 Å². The maximum absolute atomic E-state index is 12.0. The lowest BCUT2D eigenvalue weighted by atomic mass is 10.2. The molecule has 0 atom stereocenters. The van der Waals surface area contributed by atoms with Gasteiger partial charge in [-0.2, -0.15) is 5.26 Å². The van der Waals surface area contributed by atoms with E-state index in [0.29, 0.717) is 18.0 Å². The number of nitriles is 1. The molecule has 1 N–H and O–H groups in total. The SMILES string of the molecule is N#CCCn1cc(C(=O)NCc2nnc(-c3ccccc3)s2)nn1. The normalized spacial score (nSPS) is 10.3. The zero-order valence-corrected chi connectivity index (χ0v) is 13.4. The third kappa shape index (κ3) is 3.80. The minimum atomic E-state index is -0.338. The molecule has 0 fully saturated rings. The Hall–Kier alpha value is -3.12. The molecule has 0 saturated heterocycles. The average Bonchev–Trinajstić information content (AvgIpc) is 3.28. The summed E-state index contributed by atoms with van der Waals surface area (Å²) in [4.78, 5) is 12.0. The first-order valence-corrected chi connectivity index (χ1v) is 8.01. The topological polar surface area (TPSA) is 109 Å². The summed E-state index contributed by atoms with van der Waals surface area (Å²) in [5.41, 5.74) is 1.20. The molecule has 1 aromatic carbocycles. The summed E-state index contributed by atoms with van der Waals surface area (Å²) in [6.07, 6.45) is 1.83. The van der Waals surface area contributed by atoms with Crippen molar-refractivity contribution < 1.29 is 4.79 Å². The van der Waals surface area contributed by atoms with E-state index >= 15 is 0 Å². The van der Waals surface area contributed by atoms with Crippen LogP contribution in [0.5, 0.6) is 0 Å². The fourth-order valence-corrected chi connectivity index (χ4v) is 2.73. The fraction of sp³-hybridized carbons (Fsp3) is 0.200. The first kappa shape index (κ1) is 15.8. The van der Waals surface area contributed by atoms with Crippen molar-refractivity contribution >= 4 is 17.2 Å². The van der Waals surface area contributed by atoms with E-state index in [1.807, 2.05) is 36.4 Å². The highest BCUT2D eigenvalue weighted by molar-refractivity contribution is 7.14. The maximum atomic E-state index is 12.0. The summed E-state index contributed by atoms with van der Waals surface area (Å²) in [5.74, 6) is -0.338. The summed E-state index contributed by atoms with van der Waals surface area (Å²) in [6.45, 7) is 0.683. The second-order valence-corrected chi connectivity index (χ2v) is 5.89. The van der Waals surface area contributed by atoms with Gasteiger partial charge in [-0.05, 0) is 0 Å². The number of amides is 1. The predicted octanol–water partition coefficient (Wildman–Crippen LogP) is 1.64. The lowest BCUT2D eigenvalue weighted by Crippen LogP contribution is -2.23. The van der Waals surface area contributed by atoms with Gasteiger partial charge in [0.15, 0.2) is 5.69 Å². The van der Waals surface area contributed by atoms with Gasteiger partial charge in [0.2, 0.25) is 0 Å². The van der Waals surface area contributed by atoms with E-state index in [-0.39, 0.29) is 18.1 Å². The Morgan fingerprint density at radius 1 is 1.25 bits per heavy atom. The van der Waals surface area contributed by atoms with Gasteiger partial charge in [0, 0.05) is 5.56 Å². The van der Waals surface area contributed by atoms with Crippen LogP contribution in [0.25, 0.3) is 10.6 Å². The minimum Gasteiger partial charge on any atom is -0.344 e. The van der Waals surface area contributed by atoms with Crippen LogP contribution >= 0.6 is 11.3 Å². The third-order valence-electron chi connectivity index (χ3n) is 3.11. The molecule has 3 aromatic rings. The molecule has 8 nitrogen and oxygen atoms in total. The number of hydrogen-bond acceptors (Lipinski definition) is 7. The smallest absolute Gasteiger partial charge is 0.273 e. The quantitative estimate of drug-likeness (QED) is 0.731. The van der Waals surface area contributed by atoms with Crippen LogP contribution in [0, 0.1) is 11.3 Å². The molecule has 0 radical (unpaired) electrons. The summed E-state index contributed by atoms with van der Waals surface area (Å²) in [5, 5.41) is 28.6. The van der Waals surface area contributed by atoms with Crippen LogP contribution < -0.4 is 5.32 Å². The largest absolute Gasteiger partial charge is 0.344 e. The molecule has 2 aromatic heterocycles. The zero-order valence-electron chi connectivity index (χ0n) is 12.6. The first-order chi connectivity index (χ1) is 11.8. The summed E-state index contributed by atoms with van der Waals surface area (Å²) in [6, 6.07) is 11.8. The van der Waals surface area contributed by atoms with E-state index in [2.05, 4.69) is 25.8 Å². The molecule has 0 spiro atoms. The van der Waals surface area contributed by atoms with Crippen molar-refractivity contribution in [2.45, 2.75) is 19.5 Å². The average molecular weight is 339 g/mol. The highest BCUT2D eigenvalue weighted by Gasteiger charge is 2.12. The van der Waals surface area contributed by atoms with E-state index in [1.54, 1.807) is 0 Å². The van der Waals surface area contributed by atoms with Crippen LogP contribution in [0.2, 0.25) is 0 Å². The Morgan fingerprint density at radius 2 is 2.08 bits per heavy atom. The Kier molecular flexibility index (Phi) is 4.88. The fourth-order valence-electron chi connectivity index (χ4n) is 1.95. The number of hydrogen-bond donors (Lipinski definition) is 1. The first-order valence-electron chi connectivity index (χ1n) is 7.19. The van der Waals surface area contributed by atoms with Crippen molar-refractivity contribution in [3.05, 3.63) is 47.2 Å². The molecule has 0 saturated carbocycles. The Bertz CT molecular complexity index is 865. The lowest BCUT2D eigenvalue weighted by Gasteiger charge is -1.98. The molecule has 0 unspecified atom stereocenters. The van der Waals surface area contributed by atoms with Crippen molar-refractivity contribution in [1.29, 1.82) is 5.26 Å². The van der Waals surface area contributed by atoms with Gasteiger partial charge >= 0.3 is 0 Å². The molecule has 9 heteroatoms. The van der Waals surface area contributed by atoms with Crippen molar-refractivity contribution in [3.63, 3.8) is 0 Å². The van der Waals surface area contributed by atoms with Crippen LogP contribution in [0.15, 0.2) is 36.5 Å². The molecular weight excluding hydrogens is 326 g/mol. The van der Waals surface area contributed by atoms with Gasteiger partial charge in [-0.3, -0.25) is 9.48 Å². The molecule has 2 heterocycles. The summed E-state index contributed by atoms with van der Waals surface area (Å²) >= 11 is 1.43. The van der Waals surface area contributed by atoms with Crippen LogP contribution in [-0.2, 0) is 13.1 Å². The maximum Gasteiger partial charge on any atom is 0.273 e. The number of benzene rings is 1. The second-order valence-electron chi connectivity index (χ2n) is 4.82. The van der Waals surface area contributed by atoms with Gasteiger partial charge in [0.05, 0.1) is 31.8 Å². The van der Waals surface area contributed by atoms with E-state index in [4.69, 9.17) is 5.26 Å². The Balaban J connectivity index is 1.58. The zero-order chi connectivity index (χ0) is 16.8. The Labute approximate surface area is 141 Å². The van der Waals surface area contributed by atoms with Gasteiger partial charge in [-0.25, -0.2) is 0 Å². The highest BCUT2D eigenvalue weighted by Crippen LogP contribution is 2.22. The van der Waals surface area contributed by atoms with Gasteiger partial charge in [0.1, 0.15) is 10.0 Å². The van der Waals surface area contributed by atoms with E-state index in [9.17, 15) is 4.79 Å². The second kappa shape index (κ2) is 7.43.